The van der Waals surface area contributed by atoms with Crippen molar-refractivity contribution >= 4 is 34.7 Å². The van der Waals surface area contributed by atoms with E-state index in [1.807, 2.05) is 4.90 Å². The lowest BCUT2D eigenvalue weighted by Gasteiger charge is -2.23. The molecule has 1 spiro atoms. The highest BCUT2D eigenvalue weighted by molar-refractivity contribution is 6.31. The van der Waals surface area contributed by atoms with E-state index in [-0.39, 0.29) is 51.1 Å². The smallest absolute Gasteiger partial charge is 0.387 e. The van der Waals surface area contributed by atoms with Gasteiger partial charge in [0, 0.05) is 54.2 Å². The summed E-state index contributed by atoms with van der Waals surface area (Å²) in [7, 11) is 2.09. The number of hydrogen-bond acceptors (Lipinski definition) is 7. The predicted molar refractivity (Wildman–Crippen MR) is 146 cm³/mol. The summed E-state index contributed by atoms with van der Waals surface area (Å²) in [6, 6.07) is 5.81. The third-order valence-electron chi connectivity index (χ3n) is 7.66. The van der Waals surface area contributed by atoms with Gasteiger partial charge in [0.15, 0.2) is 5.65 Å². The molecule has 14 heteroatoms. The number of rotatable bonds is 7. The van der Waals surface area contributed by atoms with Crippen LogP contribution in [0.2, 0.25) is 5.02 Å². The van der Waals surface area contributed by atoms with Crippen molar-refractivity contribution < 1.29 is 23.1 Å². The highest BCUT2D eigenvalue weighted by Gasteiger charge is 2.43. The van der Waals surface area contributed by atoms with Crippen molar-refractivity contribution in [2.24, 2.45) is 5.41 Å². The highest BCUT2D eigenvalue weighted by Crippen LogP contribution is 2.40. The van der Waals surface area contributed by atoms with Gasteiger partial charge in [-0.2, -0.15) is 19.0 Å². The molecule has 11 nitrogen and oxygen atoms in total. The topological polar surface area (TPSA) is 110 Å². The largest absolute Gasteiger partial charge is 0.434 e. The molecule has 2 aliphatic rings. The number of ether oxygens (including phenoxy) is 1. The van der Waals surface area contributed by atoms with Gasteiger partial charge in [-0.25, -0.2) is 9.50 Å². The van der Waals surface area contributed by atoms with Crippen LogP contribution >= 0.6 is 11.6 Å². The zero-order valence-electron chi connectivity index (χ0n) is 22.1. The molecule has 0 radical (unpaired) electrons. The van der Waals surface area contributed by atoms with Gasteiger partial charge in [0.25, 0.3) is 5.91 Å². The van der Waals surface area contributed by atoms with Crippen molar-refractivity contribution in [3.05, 3.63) is 59.6 Å². The second-order valence-electron chi connectivity index (χ2n) is 10.6. The number of anilines is 1. The number of benzene rings is 1. The van der Waals surface area contributed by atoms with Gasteiger partial charge in [0.05, 0.1) is 11.9 Å². The van der Waals surface area contributed by atoms with E-state index in [4.69, 9.17) is 16.3 Å². The highest BCUT2D eigenvalue weighted by atomic mass is 35.5. The van der Waals surface area contributed by atoms with E-state index in [2.05, 4.69) is 32.4 Å². The van der Waals surface area contributed by atoms with Crippen LogP contribution in [0.3, 0.4) is 0 Å². The molecule has 1 unspecified atom stereocenters. The molecule has 1 N–H and O–H groups in total. The Morgan fingerprint density at radius 3 is 2.83 bits per heavy atom. The molecular weight excluding hydrogens is 558 g/mol. The van der Waals surface area contributed by atoms with Gasteiger partial charge in [-0.1, -0.05) is 11.6 Å². The molecule has 0 bridgehead atoms. The maximum Gasteiger partial charge on any atom is 0.387 e. The summed E-state index contributed by atoms with van der Waals surface area (Å²) in [5, 5.41) is 11.7. The molecule has 1 aromatic carbocycles. The van der Waals surface area contributed by atoms with Crippen LogP contribution in [0.25, 0.3) is 16.9 Å². The van der Waals surface area contributed by atoms with Crippen LogP contribution in [0, 0.1) is 5.41 Å². The van der Waals surface area contributed by atoms with E-state index in [9.17, 15) is 18.4 Å². The number of nitrogens with zero attached hydrogens (tertiary/aromatic N) is 7. The van der Waals surface area contributed by atoms with Gasteiger partial charge in [-0.3, -0.25) is 14.3 Å². The van der Waals surface area contributed by atoms with Crippen molar-refractivity contribution in [3.63, 3.8) is 0 Å². The van der Waals surface area contributed by atoms with Gasteiger partial charge in [0.2, 0.25) is 5.91 Å². The maximum atomic E-state index is 13.3. The fourth-order valence-electron chi connectivity index (χ4n) is 5.73. The van der Waals surface area contributed by atoms with Crippen LogP contribution in [0.5, 0.6) is 5.75 Å². The first-order valence-electron chi connectivity index (χ1n) is 13.1. The van der Waals surface area contributed by atoms with Crippen LogP contribution in [0.15, 0.2) is 49.1 Å². The molecule has 0 aliphatic carbocycles. The molecule has 2 saturated heterocycles. The van der Waals surface area contributed by atoms with E-state index in [0.717, 1.165) is 25.9 Å². The normalized spacial score (nSPS) is 19.1. The van der Waals surface area contributed by atoms with E-state index in [1.165, 1.54) is 46.0 Å². The number of likely N-dealkylation sites (tertiary alicyclic amines) is 2. The minimum atomic E-state index is -3.10. The molecule has 214 valence electrons. The van der Waals surface area contributed by atoms with Crippen LogP contribution in [-0.2, 0) is 11.3 Å². The first-order chi connectivity index (χ1) is 19.7. The lowest BCUT2D eigenvalue weighted by Crippen LogP contribution is -2.35. The minimum Gasteiger partial charge on any atom is -0.434 e. The van der Waals surface area contributed by atoms with Crippen molar-refractivity contribution in [1.29, 1.82) is 0 Å². The lowest BCUT2D eigenvalue weighted by molar-refractivity contribution is -0.131. The van der Waals surface area contributed by atoms with Crippen LogP contribution in [-0.4, -0.2) is 85.8 Å². The third kappa shape index (κ3) is 5.46. The average Bonchev–Trinajstić information content (AvgIpc) is 3.72. The Bertz CT molecular complexity index is 1630. The molecule has 41 heavy (non-hydrogen) atoms. The summed E-state index contributed by atoms with van der Waals surface area (Å²) < 4.78 is 34.0. The van der Waals surface area contributed by atoms with Gasteiger partial charge in [0.1, 0.15) is 23.6 Å². The molecule has 0 saturated carbocycles. The summed E-state index contributed by atoms with van der Waals surface area (Å²) in [5.41, 5.74) is 1.06. The predicted octanol–water partition coefficient (Wildman–Crippen LogP) is 3.65. The van der Waals surface area contributed by atoms with E-state index in [1.54, 1.807) is 12.3 Å². The quantitative estimate of drug-likeness (QED) is 0.353. The SMILES string of the molecule is CN1CCC2(CCN(C(=O)Cn3cc(NC(=O)c4cnn5cccnc45)c(-c4cc(Cl)ccc4OC(F)F)n3)C2)C1. The molecule has 5 heterocycles. The van der Waals surface area contributed by atoms with Crippen molar-refractivity contribution in [2.75, 3.05) is 38.5 Å². The number of carbonyl (C=O) groups is 2. The molecule has 4 aromatic rings. The number of halogens is 3. The van der Waals surface area contributed by atoms with Gasteiger partial charge >= 0.3 is 6.61 Å². The number of hydrogen-bond donors (Lipinski definition) is 1. The minimum absolute atomic E-state index is 0.0985. The maximum absolute atomic E-state index is 13.3. The number of nitrogens with one attached hydrogen (secondary N) is 1. The van der Waals surface area contributed by atoms with Crippen molar-refractivity contribution in [2.45, 2.75) is 26.0 Å². The second-order valence-corrected chi connectivity index (χ2v) is 11.0. The molecule has 2 amide bonds. The van der Waals surface area contributed by atoms with Gasteiger partial charge < -0.3 is 19.9 Å². The Kier molecular flexibility index (Phi) is 7.08. The monoisotopic (exact) mass is 584 g/mol. The number of fused-ring (bicyclic) bond motifs is 1. The molecule has 2 fully saturated rings. The molecular formula is C27H27ClF2N8O3. The number of aromatic nitrogens is 5. The second kappa shape index (κ2) is 10.7. The summed E-state index contributed by atoms with van der Waals surface area (Å²) in [5.74, 6) is -0.845. The van der Waals surface area contributed by atoms with Crippen LogP contribution in [0.4, 0.5) is 14.5 Å². The van der Waals surface area contributed by atoms with E-state index >= 15 is 0 Å². The summed E-state index contributed by atoms with van der Waals surface area (Å²) in [6.07, 6.45) is 8.05. The van der Waals surface area contributed by atoms with Gasteiger partial charge in [-0.05, 0) is 50.7 Å². The Hall–Kier alpha value is -4.10. The first-order valence-corrected chi connectivity index (χ1v) is 13.5. The Morgan fingerprint density at radius 1 is 1.22 bits per heavy atom. The fourth-order valence-corrected chi connectivity index (χ4v) is 5.91. The number of amides is 2. The van der Waals surface area contributed by atoms with Gasteiger partial charge in [-0.15, -0.1) is 0 Å². The molecule has 1 atom stereocenters. The summed E-state index contributed by atoms with van der Waals surface area (Å²) in [6.45, 7) is 0.109. The first kappa shape index (κ1) is 27.1. The van der Waals surface area contributed by atoms with Crippen LogP contribution < -0.4 is 10.1 Å². The zero-order chi connectivity index (χ0) is 28.7. The summed E-state index contributed by atoms with van der Waals surface area (Å²) >= 11 is 6.21. The molecule has 2 aliphatic heterocycles. The van der Waals surface area contributed by atoms with E-state index in [0.29, 0.717) is 18.7 Å². The Morgan fingerprint density at radius 2 is 2.05 bits per heavy atom. The summed E-state index contributed by atoms with van der Waals surface area (Å²) in [4.78, 5) is 35.0. The van der Waals surface area contributed by atoms with Crippen molar-refractivity contribution in [3.8, 4) is 17.0 Å². The van der Waals surface area contributed by atoms with Crippen LogP contribution in [0.1, 0.15) is 23.2 Å². The lowest BCUT2D eigenvalue weighted by atomic mass is 9.86. The third-order valence-corrected chi connectivity index (χ3v) is 7.90. The molecule has 6 rings (SSSR count). The van der Waals surface area contributed by atoms with Crippen molar-refractivity contribution in [1.82, 2.24) is 34.2 Å². The fraction of sp³-hybridized carbons (Fsp3) is 0.370. The average molecular weight is 585 g/mol. The number of carbonyl (C=O) groups excluding carboxylic acids is 2. The zero-order valence-corrected chi connectivity index (χ0v) is 22.9. The Balaban J connectivity index is 1.31. The Labute approximate surface area is 238 Å². The molecule has 3 aromatic heterocycles. The standard InChI is InChI=1S/C27H27ClF2N8O3/c1-35-9-5-27(15-35)6-10-36(16-27)22(39)14-37-13-20(33-25(40)19-12-32-38-8-2-7-31-24(19)38)23(34-37)18-11-17(28)3-4-21(18)41-26(29)30/h2-4,7-8,11-13,26H,5-6,9-10,14-16H2,1H3,(H,33,40). The number of alkyl halides is 2. The van der Waals surface area contributed by atoms with E-state index < -0.39 is 12.5 Å².